The first-order chi connectivity index (χ1) is 10.1. The maximum absolute atomic E-state index is 4.94. The summed E-state index contributed by atoms with van der Waals surface area (Å²) < 4.78 is 0. The van der Waals surface area contributed by atoms with Crippen LogP contribution in [0.2, 0.25) is 0 Å². The van der Waals surface area contributed by atoms with Gasteiger partial charge in [-0.25, -0.2) is 4.98 Å². The fourth-order valence-corrected chi connectivity index (χ4v) is 4.29. The Morgan fingerprint density at radius 3 is 2.52 bits per heavy atom. The lowest BCUT2D eigenvalue weighted by atomic mass is 9.65. The van der Waals surface area contributed by atoms with E-state index in [1.807, 2.05) is 11.3 Å². The molecule has 0 saturated heterocycles. The lowest BCUT2D eigenvalue weighted by Gasteiger charge is -2.40. The number of hydrogen-bond acceptors (Lipinski definition) is 3. The quantitative estimate of drug-likeness (QED) is 0.884. The van der Waals surface area contributed by atoms with Crippen molar-refractivity contribution in [1.29, 1.82) is 0 Å². The van der Waals surface area contributed by atoms with Gasteiger partial charge in [0.25, 0.3) is 0 Å². The molecule has 2 nitrogen and oxygen atoms in total. The van der Waals surface area contributed by atoms with E-state index < -0.39 is 0 Å². The molecule has 3 heteroatoms. The number of nitrogens with zero attached hydrogens (tertiary/aromatic N) is 1. The lowest BCUT2D eigenvalue weighted by Crippen LogP contribution is -2.35. The van der Waals surface area contributed by atoms with Gasteiger partial charge in [-0.05, 0) is 25.3 Å². The van der Waals surface area contributed by atoms with Crippen molar-refractivity contribution in [2.24, 2.45) is 0 Å². The molecular weight excluding hydrogens is 276 g/mol. The molecular formula is C18H24N2S. The molecule has 0 bridgehead atoms. The Hall–Kier alpha value is -1.19. The Morgan fingerprint density at radius 1 is 1.24 bits per heavy atom. The first kappa shape index (κ1) is 14.7. The summed E-state index contributed by atoms with van der Waals surface area (Å²) >= 11 is 1.91. The summed E-state index contributed by atoms with van der Waals surface area (Å²) in [4.78, 5) is 6.33. The van der Waals surface area contributed by atoms with Crippen LogP contribution in [0.25, 0.3) is 0 Å². The predicted octanol–water partition coefficient (Wildman–Crippen LogP) is 4.42. The van der Waals surface area contributed by atoms with E-state index in [1.165, 1.54) is 40.4 Å². The monoisotopic (exact) mass is 300 g/mol. The van der Waals surface area contributed by atoms with Crippen LogP contribution in [0.3, 0.4) is 0 Å². The highest BCUT2D eigenvalue weighted by Crippen LogP contribution is 2.50. The highest BCUT2D eigenvalue weighted by Gasteiger charge is 2.43. The number of nitrogens with one attached hydrogen (secondary N) is 1. The molecule has 0 atom stereocenters. The van der Waals surface area contributed by atoms with Crippen LogP contribution in [0, 0.1) is 6.92 Å². The Labute approximate surface area is 131 Å². The first-order valence-electron chi connectivity index (χ1n) is 7.87. The summed E-state index contributed by atoms with van der Waals surface area (Å²) in [7, 11) is 0. The van der Waals surface area contributed by atoms with Gasteiger partial charge in [0.1, 0.15) is 5.01 Å². The molecule has 1 aromatic carbocycles. The normalized spacial score (nSPS) is 17.0. The van der Waals surface area contributed by atoms with Gasteiger partial charge in [-0.1, -0.05) is 50.6 Å². The van der Waals surface area contributed by atoms with E-state index >= 15 is 0 Å². The van der Waals surface area contributed by atoms with Gasteiger partial charge in [0, 0.05) is 22.9 Å². The third kappa shape index (κ3) is 2.77. The molecule has 3 rings (SSSR count). The van der Waals surface area contributed by atoms with E-state index in [1.54, 1.807) is 0 Å². The molecule has 1 saturated carbocycles. The molecule has 0 unspecified atom stereocenters. The highest BCUT2D eigenvalue weighted by molar-refractivity contribution is 7.12. The summed E-state index contributed by atoms with van der Waals surface area (Å²) in [6.45, 7) is 7.46. The van der Waals surface area contributed by atoms with Crippen LogP contribution in [0.1, 0.15) is 54.3 Å². The van der Waals surface area contributed by atoms with Crippen molar-refractivity contribution < 1.29 is 0 Å². The molecule has 0 spiro atoms. The van der Waals surface area contributed by atoms with Crippen molar-refractivity contribution in [1.82, 2.24) is 10.3 Å². The van der Waals surface area contributed by atoms with Crippen molar-refractivity contribution in [3.8, 4) is 0 Å². The van der Waals surface area contributed by atoms with Gasteiger partial charge in [-0.2, -0.15) is 0 Å². The molecule has 0 aliphatic heterocycles. The number of aromatic nitrogens is 1. The molecule has 1 aliphatic carbocycles. The van der Waals surface area contributed by atoms with Crippen LogP contribution < -0.4 is 5.32 Å². The van der Waals surface area contributed by atoms with Gasteiger partial charge < -0.3 is 5.32 Å². The van der Waals surface area contributed by atoms with Gasteiger partial charge in [0.15, 0.2) is 0 Å². The third-order valence-corrected chi connectivity index (χ3v) is 5.87. The lowest BCUT2D eigenvalue weighted by molar-refractivity contribution is 0.300. The van der Waals surface area contributed by atoms with Crippen LogP contribution in [-0.4, -0.2) is 11.0 Å². The van der Waals surface area contributed by atoms with Crippen LogP contribution in [-0.2, 0) is 12.0 Å². The van der Waals surface area contributed by atoms with Crippen molar-refractivity contribution in [3.63, 3.8) is 0 Å². The van der Waals surface area contributed by atoms with Crippen molar-refractivity contribution in [3.05, 3.63) is 51.5 Å². The zero-order chi connectivity index (χ0) is 14.9. The summed E-state index contributed by atoms with van der Waals surface area (Å²) in [6.07, 6.45) is 3.79. The zero-order valence-corrected chi connectivity index (χ0v) is 14.0. The molecule has 1 aromatic heterocycles. The second kappa shape index (κ2) is 5.90. The molecule has 1 fully saturated rings. The molecule has 21 heavy (non-hydrogen) atoms. The van der Waals surface area contributed by atoms with E-state index in [-0.39, 0.29) is 5.41 Å². The van der Waals surface area contributed by atoms with Gasteiger partial charge in [0.2, 0.25) is 0 Å². The highest BCUT2D eigenvalue weighted by atomic mass is 32.1. The molecule has 0 amide bonds. The standard InChI is InChI=1S/C18H24N2S/c1-13(2)19-12-16-14(3)20-17(21-16)18(10-7-11-18)15-8-5-4-6-9-15/h4-6,8-9,13,19H,7,10-12H2,1-3H3. The minimum Gasteiger partial charge on any atom is -0.310 e. The minimum absolute atomic E-state index is 0.187. The van der Waals surface area contributed by atoms with E-state index in [9.17, 15) is 0 Å². The number of aryl methyl sites for hydroxylation is 1. The first-order valence-corrected chi connectivity index (χ1v) is 8.69. The Balaban J connectivity index is 1.90. The van der Waals surface area contributed by atoms with Gasteiger partial charge in [-0.3, -0.25) is 0 Å². The molecule has 1 heterocycles. The minimum atomic E-state index is 0.187. The average molecular weight is 300 g/mol. The van der Waals surface area contributed by atoms with Crippen LogP contribution in [0.4, 0.5) is 0 Å². The molecule has 1 N–H and O–H groups in total. The smallest absolute Gasteiger partial charge is 0.104 e. The van der Waals surface area contributed by atoms with Gasteiger partial charge >= 0.3 is 0 Å². The fraction of sp³-hybridized carbons (Fsp3) is 0.500. The number of rotatable bonds is 5. The van der Waals surface area contributed by atoms with Gasteiger partial charge in [-0.15, -0.1) is 11.3 Å². The summed E-state index contributed by atoms with van der Waals surface area (Å²) in [6, 6.07) is 11.4. The van der Waals surface area contributed by atoms with E-state index in [4.69, 9.17) is 4.98 Å². The molecule has 112 valence electrons. The third-order valence-electron chi connectivity index (χ3n) is 4.51. The second-order valence-electron chi connectivity index (χ2n) is 6.36. The Kier molecular flexibility index (Phi) is 4.14. The maximum atomic E-state index is 4.94. The fourth-order valence-electron chi connectivity index (χ4n) is 3.01. The van der Waals surface area contributed by atoms with E-state index in [0.29, 0.717) is 6.04 Å². The zero-order valence-electron chi connectivity index (χ0n) is 13.1. The van der Waals surface area contributed by atoms with Crippen LogP contribution in [0.15, 0.2) is 30.3 Å². The van der Waals surface area contributed by atoms with Crippen LogP contribution >= 0.6 is 11.3 Å². The van der Waals surface area contributed by atoms with E-state index in [0.717, 1.165) is 6.54 Å². The maximum Gasteiger partial charge on any atom is 0.104 e. The number of thiazole rings is 1. The van der Waals surface area contributed by atoms with E-state index in [2.05, 4.69) is 56.4 Å². The topological polar surface area (TPSA) is 24.9 Å². The summed E-state index contributed by atoms with van der Waals surface area (Å²) in [5.41, 5.74) is 2.82. The summed E-state index contributed by atoms with van der Waals surface area (Å²) in [5.74, 6) is 0. The predicted molar refractivity (Wildman–Crippen MR) is 89.9 cm³/mol. The molecule has 2 aromatic rings. The molecule has 0 radical (unpaired) electrons. The Bertz CT molecular complexity index is 597. The second-order valence-corrected chi connectivity index (χ2v) is 7.45. The SMILES string of the molecule is Cc1nc(C2(c3ccccc3)CCC2)sc1CNC(C)C. The van der Waals surface area contributed by atoms with Crippen molar-refractivity contribution in [2.45, 2.75) is 58.0 Å². The average Bonchev–Trinajstić information content (AvgIpc) is 2.78. The Morgan fingerprint density at radius 2 is 1.95 bits per heavy atom. The van der Waals surface area contributed by atoms with Gasteiger partial charge in [0.05, 0.1) is 5.69 Å². The number of hydrogen-bond donors (Lipinski definition) is 1. The number of benzene rings is 1. The van der Waals surface area contributed by atoms with Crippen LogP contribution in [0.5, 0.6) is 0 Å². The molecule has 1 aliphatic rings. The summed E-state index contributed by atoms with van der Waals surface area (Å²) in [5, 5.41) is 4.83. The van der Waals surface area contributed by atoms with Crippen molar-refractivity contribution in [2.75, 3.05) is 0 Å². The largest absolute Gasteiger partial charge is 0.310 e. The van der Waals surface area contributed by atoms with Crippen molar-refractivity contribution >= 4 is 11.3 Å².